The van der Waals surface area contributed by atoms with Crippen LogP contribution in [0.15, 0.2) is 22.7 Å². The van der Waals surface area contributed by atoms with Crippen molar-refractivity contribution in [3.05, 3.63) is 28.2 Å². The molecule has 0 atom stereocenters. The largest absolute Gasteiger partial charge is 0.382 e. The van der Waals surface area contributed by atoms with Crippen molar-refractivity contribution < 1.29 is 4.39 Å². The zero-order valence-electron chi connectivity index (χ0n) is 6.90. The summed E-state index contributed by atoms with van der Waals surface area (Å²) in [5.74, 6) is 0. The molecule has 0 aromatic heterocycles. The van der Waals surface area contributed by atoms with Gasteiger partial charge in [0.15, 0.2) is 0 Å². The van der Waals surface area contributed by atoms with Crippen molar-refractivity contribution in [1.29, 1.82) is 0 Å². The fourth-order valence-electron chi connectivity index (χ4n) is 1.01. The number of halogens is 2. The lowest BCUT2D eigenvalue weighted by Gasteiger charge is -2.07. The highest BCUT2D eigenvalue weighted by Gasteiger charge is 1.96. The molecule has 0 heterocycles. The Kier molecular flexibility index (Phi) is 3.53. The molecule has 0 aliphatic carbocycles. The van der Waals surface area contributed by atoms with Crippen LogP contribution in [-0.2, 0) is 0 Å². The molecule has 3 heteroatoms. The zero-order chi connectivity index (χ0) is 8.97. The quantitative estimate of drug-likeness (QED) is 0.844. The molecule has 1 rings (SSSR count). The van der Waals surface area contributed by atoms with Crippen LogP contribution in [0.4, 0.5) is 10.1 Å². The zero-order valence-corrected chi connectivity index (χ0v) is 8.49. The Labute approximate surface area is 80.1 Å². The molecule has 0 saturated heterocycles. The molecule has 0 radical (unpaired) electrons. The van der Waals surface area contributed by atoms with Crippen LogP contribution in [0, 0.1) is 6.92 Å². The van der Waals surface area contributed by atoms with Gasteiger partial charge in [-0.1, -0.05) is 15.9 Å². The van der Waals surface area contributed by atoms with Gasteiger partial charge < -0.3 is 5.32 Å². The van der Waals surface area contributed by atoms with Gasteiger partial charge in [0.1, 0.15) is 6.67 Å². The van der Waals surface area contributed by atoms with Crippen LogP contribution in [0.25, 0.3) is 0 Å². The number of hydrogen-bond acceptors (Lipinski definition) is 1. The Balaban J connectivity index is 2.72. The lowest BCUT2D eigenvalue weighted by molar-refractivity contribution is 0.512. The van der Waals surface area contributed by atoms with E-state index in [-0.39, 0.29) is 6.67 Å². The van der Waals surface area contributed by atoms with Gasteiger partial charge in [-0.15, -0.1) is 0 Å². The smallest absolute Gasteiger partial charge is 0.107 e. The number of benzene rings is 1. The second kappa shape index (κ2) is 4.45. The molecule has 0 fully saturated rings. The van der Waals surface area contributed by atoms with Crippen molar-refractivity contribution >= 4 is 21.6 Å². The highest BCUT2D eigenvalue weighted by molar-refractivity contribution is 9.10. The Morgan fingerprint density at radius 1 is 1.50 bits per heavy atom. The Morgan fingerprint density at radius 2 is 2.25 bits per heavy atom. The maximum Gasteiger partial charge on any atom is 0.107 e. The van der Waals surface area contributed by atoms with Gasteiger partial charge in [0.2, 0.25) is 0 Å². The summed E-state index contributed by atoms with van der Waals surface area (Å²) in [6.45, 7) is 2.03. The number of alkyl halides is 1. The van der Waals surface area contributed by atoms with E-state index in [9.17, 15) is 4.39 Å². The highest BCUT2D eigenvalue weighted by Crippen LogP contribution is 2.19. The summed E-state index contributed by atoms with van der Waals surface area (Å²) < 4.78 is 12.9. The van der Waals surface area contributed by atoms with E-state index in [1.165, 1.54) is 0 Å². The lowest BCUT2D eigenvalue weighted by Crippen LogP contribution is -2.03. The summed E-state index contributed by atoms with van der Waals surface area (Å²) >= 11 is 3.36. The van der Waals surface area contributed by atoms with Crippen molar-refractivity contribution in [2.75, 3.05) is 18.5 Å². The van der Waals surface area contributed by atoms with Crippen LogP contribution >= 0.6 is 15.9 Å². The normalized spacial score (nSPS) is 9.92. The molecule has 66 valence electrons. The summed E-state index contributed by atoms with van der Waals surface area (Å²) in [7, 11) is 0. The molecule has 0 aliphatic heterocycles. The van der Waals surface area contributed by atoms with Crippen LogP contribution in [0.5, 0.6) is 0 Å². The number of hydrogen-bond donors (Lipinski definition) is 1. The molecule has 12 heavy (non-hydrogen) atoms. The highest BCUT2D eigenvalue weighted by atomic mass is 79.9. The van der Waals surface area contributed by atoms with Gasteiger partial charge in [-0.05, 0) is 30.7 Å². The maximum atomic E-state index is 11.8. The second-order valence-electron chi connectivity index (χ2n) is 2.58. The summed E-state index contributed by atoms with van der Waals surface area (Å²) in [6.07, 6.45) is 0. The van der Waals surface area contributed by atoms with Crippen molar-refractivity contribution in [3.63, 3.8) is 0 Å². The van der Waals surface area contributed by atoms with E-state index in [1.54, 1.807) is 0 Å². The molecule has 0 bridgehead atoms. The van der Waals surface area contributed by atoms with Gasteiger partial charge in [0.25, 0.3) is 0 Å². The van der Waals surface area contributed by atoms with Crippen LogP contribution in [-0.4, -0.2) is 13.2 Å². The number of aryl methyl sites for hydroxylation is 1. The maximum absolute atomic E-state index is 11.8. The van der Waals surface area contributed by atoms with E-state index in [0.717, 1.165) is 15.7 Å². The second-order valence-corrected chi connectivity index (χ2v) is 3.49. The summed E-state index contributed by atoms with van der Waals surface area (Å²) in [5, 5.41) is 2.99. The number of nitrogens with one attached hydrogen (secondary N) is 1. The van der Waals surface area contributed by atoms with Crippen molar-refractivity contribution in [2.45, 2.75) is 6.92 Å². The van der Waals surface area contributed by atoms with Crippen LogP contribution in [0.3, 0.4) is 0 Å². The molecule has 0 spiro atoms. The average Bonchev–Trinajstić information content (AvgIpc) is 2.03. The van der Waals surface area contributed by atoms with Crippen molar-refractivity contribution in [3.8, 4) is 0 Å². The molecule has 1 nitrogen and oxygen atoms in total. The van der Waals surface area contributed by atoms with E-state index < -0.39 is 0 Å². The van der Waals surface area contributed by atoms with Gasteiger partial charge in [0, 0.05) is 16.7 Å². The predicted molar refractivity (Wildman–Crippen MR) is 53.3 cm³/mol. The summed E-state index contributed by atoms with van der Waals surface area (Å²) in [6, 6.07) is 5.88. The van der Waals surface area contributed by atoms with Crippen LogP contribution in [0.2, 0.25) is 0 Å². The van der Waals surface area contributed by atoms with E-state index in [4.69, 9.17) is 0 Å². The van der Waals surface area contributed by atoms with Gasteiger partial charge >= 0.3 is 0 Å². The first kappa shape index (κ1) is 9.52. The first-order valence-electron chi connectivity index (χ1n) is 3.80. The molecule has 1 N–H and O–H groups in total. The minimum atomic E-state index is -0.338. The molecular formula is C9H11BrFN. The lowest BCUT2D eigenvalue weighted by atomic mass is 10.2. The van der Waals surface area contributed by atoms with Crippen molar-refractivity contribution in [2.24, 2.45) is 0 Å². The Morgan fingerprint density at radius 3 is 2.83 bits per heavy atom. The third-order valence-corrected chi connectivity index (χ3v) is 2.09. The van der Waals surface area contributed by atoms with Gasteiger partial charge in [-0.25, -0.2) is 4.39 Å². The molecule has 0 unspecified atom stereocenters. The third kappa shape index (κ3) is 2.48. The van der Waals surface area contributed by atoms with Gasteiger partial charge in [0.05, 0.1) is 0 Å². The summed E-state index contributed by atoms with van der Waals surface area (Å²) in [5.41, 5.74) is 2.12. The van der Waals surface area contributed by atoms with Gasteiger partial charge in [-0.2, -0.15) is 0 Å². The molecule has 1 aromatic rings. The van der Waals surface area contributed by atoms with E-state index in [1.807, 2.05) is 25.1 Å². The first-order chi connectivity index (χ1) is 5.74. The van der Waals surface area contributed by atoms with Crippen LogP contribution < -0.4 is 5.32 Å². The van der Waals surface area contributed by atoms with E-state index in [2.05, 4.69) is 21.2 Å². The first-order valence-corrected chi connectivity index (χ1v) is 4.59. The predicted octanol–water partition coefficient (Wildman–Crippen LogP) is 3.14. The molecular weight excluding hydrogens is 221 g/mol. The third-order valence-electron chi connectivity index (χ3n) is 1.60. The van der Waals surface area contributed by atoms with Gasteiger partial charge in [-0.3, -0.25) is 0 Å². The molecule has 0 amide bonds. The standard InChI is InChI=1S/C9H11BrFN/c1-7-6-8(10)2-3-9(7)12-5-4-11/h2-3,6,12H,4-5H2,1H3. The molecule has 0 aliphatic rings. The summed E-state index contributed by atoms with van der Waals surface area (Å²) in [4.78, 5) is 0. The van der Waals surface area contributed by atoms with Crippen LogP contribution in [0.1, 0.15) is 5.56 Å². The van der Waals surface area contributed by atoms with Crippen molar-refractivity contribution in [1.82, 2.24) is 0 Å². The Bertz CT molecular complexity index is 263. The monoisotopic (exact) mass is 231 g/mol. The topological polar surface area (TPSA) is 12.0 Å². The van der Waals surface area contributed by atoms with E-state index >= 15 is 0 Å². The molecule has 0 saturated carbocycles. The number of anilines is 1. The number of rotatable bonds is 3. The fraction of sp³-hybridized carbons (Fsp3) is 0.333. The SMILES string of the molecule is Cc1cc(Br)ccc1NCCF. The minimum absolute atomic E-state index is 0.338. The Hall–Kier alpha value is -0.570. The minimum Gasteiger partial charge on any atom is -0.382 e. The average molecular weight is 232 g/mol. The fourth-order valence-corrected chi connectivity index (χ4v) is 1.48. The van der Waals surface area contributed by atoms with E-state index in [0.29, 0.717) is 6.54 Å². The molecule has 1 aromatic carbocycles.